The van der Waals surface area contributed by atoms with Crippen LogP contribution in [0.25, 0.3) is 0 Å². The quantitative estimate of drug-likeness (QED) is 0.504. The first-order chi connectivity index (χ1) is 14.8. The van der Waals surface area contributed by atoms with E-state index in [2.05, 4.69) is 5.32 Å². The van der Waals surface area contributed by atoms with Gasteiger partial charge in [0, 0.05) is 28.9 Å². The number of nitrogens with one attached hydrogen (secondary N) is 1. The lowest BCUT2D eigenvalue weighted by Crippen LogP contribution is -2.51. The number of benzene rings is 2. The third kappa shape index (κ3) is 7.86. The average Bonchev–Trinajstić information content (AvgIpc) is 2.76. The van der Waals surface area contributed by atoms with Gasteiger partial charge in [-0.2, -0.15) is 0 Å². The van der Waals surface area contributed by atoms with E-state index in [9.17, 15) is 14.0 Å². The highest BCUT2D eigenvalue weighted by Gasteiger charge is 2.26. The van der Waals surface area contributed by atoms with Crippen LogP contribution in [0.15, 0.2) is 48.5 Å². The predicted octanol–water partition coefficient (Wildman–Crippen LogP) is 5.09. The number of carbonyl (C=O) groups is 2. The molecule has 168 valence electrons. The Morgan fingerprint density at radius 1 is 1.13 bits per heavy atom. The van der Waals surface area contributed by atoms with E-state index in [-0.39, 0.29) is 35.2 Å². The Kier molecular flexibility index (Phi) is 10.3. The summed E-state index contributed by atoms with van der Waals surface area (Å²) in [4.78, 5) is 27.3. The second-order valence-electron chi connectivity index (χ2n) is 7.51. The van der Waals surface area contributed by atoms with Crippen molar-refractivity contribution in [2.75, 3.05) is 12.3 Å². The van der Waals surface area contributed by atoms with Gasteiger partial charge in [-0.1, -0.05) is 54.9 Å². The summed E-state index contributed by atoms with van der Waals surface area (Å²) in [5.41, 5.74) is 1.49. The fourth-order valence-corrected chi connectivity index (χ4v) is 4.28. The van der Waals surface area contributed by atoms with Crippen LogP contribution >= 0.6 is 23.4 Å². The predicted molar refractivity (Wildman–Crippen MR) is 127 cm³/mol. The van der Waals surface area contributed by atoms with Gasteiger partial charge in [-0.15, -0.1) is 11.8 Å². The molecule has 2 amide bonds. The number of halogens is 2. The minimum absolute atomic E-state index is 0.0404. The molecule has 1 N–H and O–H groups in total. The Bertz CT molecular complexity index is 846. The molecule has 0 aliphatic carbocycles. The van der Waals surface area contributed by atoms with E-state index in [0.29, 0.717) is 23.6 Å². The monoisotopic (exact) mass is 464 g/mol. The molecule has 0 aliphatic rings. The molecule has 0 unspecified atom stereocenters. The third-order valence-electron chi connectivity index (χ3n) is 5.19. The summed E-state index contributed by atoms with van der Waals surface area (Å²) in [6, 6.07) is 13.8. The topological polar surface area (TPSA) is 49.4 Å². The Balaban J connectivity index is 2.04. The minimum Gasteiger partial charge on any atom is -0.352 e. The number of thioether (sulfide) groups is 1. The van der Waals surface area contributed by atoms with E-state index >= 15 is 0 Å². The Hall–Kier alpha value is -2.05. The molecule has 0 fully saturated rings. The van der Waals surface area contributed by atoms with Crippen LogP contribution in [0.5, 0.6) is 0 Å². The van der Waals surface area contributed by atoms with E-state index < -0.39 is 6.04 Å². The van der Waals surface area contributed by atoms with E-state index in [1.807, 2.05) is 44.2 Å². The van der Waals surface area contributed by atoms with Gasteiger partial charge in [0.25, 0.3) is 0 Å². The van der Waals surface area contributed by atoms with Crippen LogP contribution in [0.3, 0.4) is 0 Å². The van der Waals surface area contributed by atoms with Crippen molar-refractivity contribution < 1.29 is 14.0 Å². The zero-order chi connectivity index (χ0) is 22.8. The van der Waals surface area contributed by atoms with Gasteiger partial charge in [0.05, 0.1) is 5.75 Å². The highest BCUT2D eigenvalue weighted by molar-refractivity contribution is 7.99. The van der Waals surface area contributed by atoms with Crippen molar-refractivity contribution in [2.45, 2.75) is 51.4 Å². The molecule has 0 radical (unpaired) electrons. The summed E-state index contributed by atoms with van der Waals surface area (Å²) in [6.45, 7) is 6.12. The van der Waals surface area contributed by atoms with Gasteiger partial charge in [-0.3, -0.25) is 9.59 Å². The van der Waals surface area contributed by atoms with Crippen molar-refractivity contribution in [3.8, 4) is 0 Å². The first-order valence-corrected chi connectivity index (χ1v) is 12.0. The normalized spacial score (nSPS) is 12.8. The molecular weight excluding hydrogens is 435 g/mol. The third-order valence-corrected chi connectivity index (χ3v) is 6.48. The lowest BCUT2D eigenvalue weighted by molar-refractivity contribution is -0.138. The van der Waals surface area contributed by atoms with Crippen LogP contribution in [-0.2, 0) is 21.8 Å². The number of hydrogen-bond donors (Lipinski definition) is 1. The molecular formula is C24H30ClFN2O2S. The van der Waals surface area contributed by atoms with Crippen LogP contribution in [0.4, 0.5) is 4.39 Å². The van der Waals surface area contributed by atoms with Gasteiger partial charge in [0.2, 0.25) is 11.8 Å². The molecule has 0 spiro atoms. The van der Waals surface area contributed by atoms with Gasteiger partial charge in [0.1, 0.15) is 11.9 Å². The van der Waals surface area contributed by atoms with E-state index in [4.69, 9.17) is 11.6 Å². The van der Waals surface area contributed by atoms with Crippen molar-refractivity contribution in [2.24, 2.45) is 0 Å². The van der Waals surface area contributed by atoms with Gasteiger partial charge < -0.3 is 10.2 Å². The highest BCUT2D eigenvalue weighted by atomic mass is 35.5. The maximum atomic E-state index is 14.0. The summed E-state index contributed by atoms with van der Waals surface area (Å²) >= 11 is 7.37. The molecule has 2 aromatic carbocycles. The fourth-order valence-electron chi connectivity index (χ4n) is 3.03. The average molecular weight is 465 g/mol. The number of rotatable bonds is 11. The van der Waals surface area contributed by atoms with E-state index in [0.717, 1.165) is 12.0 Å². The summed E-state index contributed by atoms with van der Waals surface area (Å²) in [5, 5.41) is 3.30. The highest BCUT2D eigenvalue weighted by Crippen LogP contribution is 2.24. The summed E-state index contributed by atoms with van der Waals surface area (Å²) < 4.78 is 14.0. The molecule has 4 nitrogen and oxygen atoms in total. The second-order valence-corrected chi connectivity index (χ2v) is 8.90. The van der Waals surface area contributed by atoms with Crippen LogP contribution in [0.1, 0.15) is 38.3 Å². The second kappa shape index (κ2) is 12.7. The Morgan fingerprint density at radius 2 is 1.84 bits per heavy atom. The molecule has 0 aromatic heterocycles. The number of nitrogens with zero attached hydrogens (tertiary/aromatic N) is 1. The molecule has 2 rings (SSSR count). The SMILES string of the molecule is CC[C@@H](C)NC(=O)[C@@H](C)N(CCc1ccccc1)C(=O)CSCc1c(F)cccc1Cl. The number of carbonyl (C=O) groups excluding carboxylic acids is 2. The standard InChI is InChI=1S/C24H30ClFN2O2S/c1-4-17(2)27-24(30)18(3)28(14-13-19-9-6-5-7-10-19)23(29)16-31-15-20-21(25)11-8-12-22(20)26/h5-12,17-18H,4,13-16H2,1-3H3,(H,27,30)/t17-,18-/m1/s1. The molecule has 0 saturated carbocycles. The zero-order valence-electron chi connectivity index (χ0n) is 18.2. The van der Waals surface area contributed by atoms with Crippen molar-refractivity contribution in [1.82, 2.24) is 10.2 Å². The molecule has 2 aromatic rings. The molecule has 0 saturated heterocycles. The van der Waals surface area contributed by atoms with E-state index in [1.54, 1.807) is 24.0 Å². The number of amides is 2. The lowest BCUT2D eigenvalue weighted by atomic mass is 10.1. The molecule has 0 aliphatic heterocycles. The molecule has 31 heavy (non-hydrogen) atoms. The maximum absolute atomic E-state index is 14.0. The van der Waals surface area contributed by atoms with Crippen molar-refractivity contribution >= 4 is 35.2 Å². The first kappa shape index (κ1) is 25.2. The van der Waals surface area contributed by atoms with Crippen LogP contribution in [0.2, 0.25) is 5.02 Å². The Morgan fingerprint density at radius 3 is 2.48 bits per heavy atom. The molecule has 0 bridgehead atoms. The molecule has 0 heterocycles. The molecule has 2 atom stereocenters. The summed E-state index contributed by atoms with van der Waals surface area (Å²) in [6.07, 6.45) is 1.47. The smallest absolute Gasteiger partial charge is 0.242 e. The minimum atomic E-state index is -0.595. The van der Waals surface area contributed by atoms with Crippen LogP contribution in [-0.4, -0.2) is 41.1 Å². The number of hydrogen-bond acceptors (Lipinski definition) is 3. The summed E-state index contributed by atoms with van der Waals surface area (Å²) in [7, 11) is 0. The van der Waals surface area contributed by atoms with Gasteiger partial charge in [-0.25, -0.2) is 4.39 Å². The Labute approximate surface area is 193 Å². The molecule has 7 heteroatoms. The van der Waals surface area contributed by atoms with Crippen molar-refractivity contribution in [3.63, 3.8) is 0 Å². The first-order valence-electron chi connectivity index (χ1n) is 10.5. The lowest BCUT2D eigenvalue weighted by Gasteiger charge is -2.29. The van der Waals surface area contributed by atoms with Gasteiger partial charge >= 0.3 is 0 Å². The fraction of sp³-hybridized carbons (Fsp3) is 0.417. The largest absolute Gasteiger partial charge is 0.352 e. The van der Waals surface area contributed by atoms with Crippen molar-refractivity contribution in [1.29, 1.82) is 0 Å². The zero-order valence-corrected chi connectivity index (χ0v) is 19.8. The van der Waals surface area contributed by atoms with Crippen LogP contribution in [0, 0.1) is 5.82 Å². The maximum Gasteiger partial charge on any atom is 0.242 e. The summed E-state index contributed by atoms with van der Waals surface area (Å²) in [5.74, 6) is -0.273. The van der Waals surface area contributed by atoms with Gasteiger partial charge in [-0.05, 0) is 44.4 Å². The van der Waals surface area contributed by atoms with Crippen molar-refractivity contribution in [3.05, 3.63) is 70.5 Å². The van der Waals surface area contributed by atoms with Crippen LogP contribution < -0.4 is 5.32 Å². The van der Waals surface area contributed by atoms with E-state index in [1.165, 1.54) is 17.8 Å². The van der Waals surface area contributed by atoms with Gasteiger partial charge in [0.15, 0.2) is 0 Å².